The van der Waals surface area contributed by atoms with Crippen molar-refractivity contribution in [3.8, 4) is 11.3 Å². The Kier molecular flexibility index (Phi) is 6.10. The number of carbonyl (C=O) groups is 1. The van der Waals surface area contributed by atoms with Gasteiger partial charge in [0, 0.05) is 23.6 Å². The molecule has 3 aromatic rings. The van der Waals surface area contributed by atoms with Crippen LogP contribution in [0.15, 0.2) is 71.3 Å². The summed E-state index contributed by atoms with van der Waals surface area (Å²) in [5, 5.41) is 13.7. The minimum atomic E-state index is -0.754. The van der Waals surface area contributed by atoms with Crippen LogP contribution in [0, 0.1) is 0 Å². The molecule has 0 aliphatic carbocycles. The number of benzene rings is 2. The van der Waals surface area contributed by atoms with E-state index in [2.05, 4.69) is 5.32 Å². The van der Waals surface area contributed by atoms with Crippen LogP contribution in [0.1, 0.15) is 23.7 Å². The average molecular weight is 370 g/mol. The van der Waals surface area contributed by atoms with Gasteiger partial charge in [-0.1, -0.05) is 48.0 Å². The Morgan fingerprint density at radius 2 is 1.92 bits per heavy atom. The molecular weight excluding hydrogens is 350 g/mol. The summed E-state index contributed by atoms with van der Waals surface area (Å²) in [4.78, 5) is 12.0. The van der Waals surface area contributed by atoms with E-state index in [4.69, 9.17) is 16.0 Å². The molecule has 0 aliphatic rings. The lowest BCUT2D eigenvalue weighted by Gasteiger charge is -2.13. The van der Waals surface area contributed by atoms with Gasteiger partial charge in [-0.3, -0.25) is 4.79 Å². The van der Waals surface area contributed by atoms with E-state index in [0.29, 0.717) is 17.9 Å². The molecule has 0 unspecified atom stereocenters. The van der Waals surface area contributed by atoms with Gasteiger partial charge in [0.05, 0.1) is 12.4 Å². The summed E-state index contributed by atoms with van der Waals surface area (Å²) in [5.41, 5.74) is 2.70. The molecule has 1 atom stereocenters. The lowest BCUT2D eigenvalue weighted by atomic mass is 10.1. The molecule has 0 fully saturated rings. The Bertz CT molecular complexity index is 844. The van der Waals surface area contributed by atoms with Gasteiger partial charge in [-0.05, 0) is 41.8 Å². The number of aliphatic hydroxyl groups excluding tert-OH is 1. The zero-order valence-electron chi connectivity index (χ0n) is 14.2. The fraction of sp³-hybridized carbons (Fsp3) is 0.190. The third kappa shape index (κ3) is 4.97. The van der Waals surface area contributed by atoms with E-state index >= 15 is 0 Å². The van der Waals surface area contributed by atoms with E-state index in [-0.39, 0.29) is 12.5 Å². The topological polar surface area (TPSA) is 62.5 Å². The van der Waals surface area contributed by atoms with Crippen LogP contribution in [0.2, 0.25) is 5.02 Å². The van der Waals surface area contributed by atoms with Gasteiger partial charge < -0.3 is 14.8 Å². The van der Waals surface area contributed by atoms with Crippen molar-refractivity contribution < 1.29 is 14.3 Å². The maximum atomic E-state index is 12.0. The molecule has 1 aromatic heterocycles. The number of carbonyl (C=O) groups excluding carboxylic acids is 1. The molecule has 4 nitrogen and oxygen atoms in total. The van der Waals surface area contributed by atoms with Crippen molar-refractivity contribution in [2.24, 2.45) is 0 Å². The molecule has 134 valence electrons. The van der Waals surface area contributed by atoms with Crippen molar-refractivity contribution in [2.75, 3.05) is 6.54 Å². The predicted molar refractivity (Wildman–Crippen MR) is 102 cm³/mol. The molecule has 0 saturated heterocycles. The van der Waals surface area contributed by atoms with Gasteiger partial charge >= 0.3 is 0 Å². The zero-order valence-corrected chi connectivity index (χ0v) is 14.9. The van der Waals surface area contributed by atoms with E-state index in [9.17, 15) is 9.90 Å². The second-order valence-corrected chi connectivity index (χ2v) is 6.49. The Morgan fingerprint density at radius 3 is 2.62 bits per heavy atom. The summed E-state index contributed by atoms with van der Waals surface area (Å²) in [6, 6.07) is 18.6. The minimum absolute atomic E-state index is 0.101. The van der Waals surface area contributed by atoms with Crippen LogP contribution in [-0.4, -0.2) is 17.6 Å². The monoisotopic (exact) mass is 369 g/mol. The number of hydrogen-bond donors (Lipinski definition) is 2. The van der Waals surface area contributed by atoms with Gasteiger partial charge in [-0.15, -0.1) is 0 Å². The molecule has 0 spiro atoms. The highest BCUT2D eigenvalue weighted by atomic mass is 35.5. The van der Waals surface area contributed by atoms with Crippen LogP contribution in [0.5, 0.6) is 0 Å². The highest BCUT2D eigenvalue weighted by molar-refractivity contribution is 6.30. The van der Waals surface area contributed by atoms with Crippen LogP contribution >= 0.6 is 11.6 Å². The fourth-order valence-corrected chi connectivity index (χ4v) is 2.89. The smallest absolute Gasteiger partial charge is 0.220 e. The first-order valence-electron chi connectivity index (χ1n) is 8.45. The summed E-state index contributed by atoms with van der Waals surface area (Å²) in [6.07, 6.45) is 1.83. The number of furan rings is 1. The number of hydrogen-bond acceptors (Lipinski definition) is 3. The Labute approximate surface area is 157 Å². The predicted octanol–water partition coefficient (Wildman–Crippen LogP) is 4.38. The molecule has 0 aliphatic heterocycles. The van der Waals surface area contributed by atoms with E-state index in [1.54, 1.807) is 12.3 Å². The van der Waals surface area contributed by atoms with Crippen LogP contribution in [0.4, 0.5) is 0 Å². The Hall–Kier alpha value is -2.56. The van der Waals surface area contributed by atoms with Gasteiger partial charge in [0.15, 0.2) is 0 Å². The molecule has 1 heterocycles. The quantitative estimate of drug-likeness (QED) is 0.649. The second kappa shape index (κ2) is 8.70. The zero-order chi connectivity index (χ0) is 18.4. The summed E-state index contributed by atoms with van der Waals surface area (Å²) in [6.45, 7) is 0.175. The lowest BCUT2D eigenvalue weighted by molar-refractivity contribution is -0.121. The second-order valence-electron chi connectivity index (χ2n) is 6.05. The number of amides is 1. The molecule has 2 N–H and O–H groups in total. The molecule has 2 aromatic carbocycles. The van der Waals surface area contributed by atoms with E-state index < -0.39 is 6.10 Å². The van der Waals surface area contributed by atoms with Gasteiger partial charge in [-0.25, -0.2) is 0 Å². The van der Waals surface area contributed by atoms with Crippen LogP contribution in [-0.2, 0) is 11.2 Å². The van der Waals surface area contributed by atoms with Crippen molar-refractivity contribution in [3.63, 3.8) is 0 Å². The molecule has 0 saturated carbocycles. The molecule has 26 heavy (non-hydrogen) atoms. The summed E-state index contributed by atoms with van der Waals surface area (Å²) >= 11 is 5.93. The van der Waals surface area contributed by atoms with Crippen molar-refractivity contribution >= 4 is 17.5 Å². The van der Waals surface area contributed by atoms with Crippen molar-refractivity contribution in [1.29, 1.82) is 0 Å². The summed E-state index contributed by atoms with van der Waals surface area (Å²) in [7, 11) is 0. The Morgan fingerprint density at radius 1 is 1.12 bits per heavy atom. The van der Waals surface area contributed by atoms with E-state index in [0.717, 1.165) is 22.5 Å². The molecule has 0 bridgehead atoms. The van der Waals surface area contributed by atoms with Gasteiger partial charge in [0.25, 0.3) is 0 Å². The first kappa shape index (κ1) is 18.2. The molecular formula is C21H20ClNO3. The first-order valence-corrected chi connectivity index (χ1v) is 8.82. The van der Waals surface area contributed by atoms with E-state index in [1.807, 2.05) is 54.6 Å². The van der Waals surface area contributed by atoms with Crippen LogP contribution in [0.3, 0.4) is 0 Å². The Balaban J connectivity index is 1.47. The normalized spacial score (nSPS) is 11.9. The van der Waals surface area contributed by atoms with Gasteiger partial charge in [-0.2, -0.15) is 0 Å². The average Bonchev–Trinajstić information content (AvgIpc) is 3.19. The molecule has 5 heteroatoms. The number of halogens is 1. The number of nitrogens with one attached hydrogen (secondary N) is 1. The van der Waals surface area contributed by atoms with Crippen molar-refractivity contribution in [1.82, 2.24) is 5.32 Å². The summed E-state index contributed by atoms with van der Waals surface area (Å²) < 4.78 is 5.34. The first-order chi connectivity index (χ1) is 12.6. The van der Waals surface area contributed by atoms with Crippen LogP contribution < -0.4 is 5.32 Å². The lowest BCUT2D eigenvalue weighted by Crippen LogP contribution is -2.28. The maximum absolute atomic E-state index is 12.0. The maximum Gasteiger partial charge on any atom is 0.220 e. The number of rotatable bonds is 7. The standard InChI is InChI=1S/C21H20ClNO3/c22-18-4-1-3-15(13-18)6-11-21(25)23-14-19(24)16-7-9-17(10-8-16)20-5-2-12-26-20/h1-5,7-10,12-13,19,24H,6,11,14H2,(H,23,25)/t19-/m0/s1. The van der Waals surface area contributed by atoms with Crippen molar-refractivity contribution in [2.45, 2.75) is 18.9 Å². The number of aliphatic hydroxyl groups is 1. The molecule has 1 amide bonds. The molecule has 3 rings (SSSR count). The highest BCUT2D eigenvalue weighted by Crippen LogP contribution is 2.22. The largest absolute Gasteiger partial charge is 0.464 e. The SMILES string of the molecule is O=C(CCc1cccc(Cl)c1)NC[C@H](O)c1ccc(-c2ccco2)cc1. The summed E-state index contributed by atoms with van der Waals surface area (Å²) in [5.74, 6) is 0.677. The fourth-order valence-electron chi connectivity index (χ4n) is 2.68. The third-order valence-electron chi connectivity index (χ3n) is 4.12. The third-order valence-corrected chi connectivity index (χ3v) is 4.36. The van der Waals surface area contributed by atoms with Crippen molar-refractivity contribution in [3.05, 3.63) is 83.1 Å². The van der Waals surface area contributed by atoms with Crippen LogP contribution in [0.25, 0.3) is 11.3 Å². The van der Waals surface area contributed by atoms with Gasteiger partial charge in [0.2, 0.25) is 5.91 Å². The number of aryl methyl sites for hydroxylation is 1. The minimum Gasteiger partial charge on any atom is -0.464 e. The van der Waals surface area contributed by atoms with E-state index in [1.165, 1.54) is 0 Å². The van der Waals surface area contributed by atoms with Gasteiger partial charge in [0.1, 0.15) is 5.76 Å². The highest BCUT2D eigenvalue weighted by Gasteiger charge is 2.10. The molecule has 0 radical (unpaired) electrons.